The molecule has 0 aromatic rings. The largest absolute Gasteiger partial charge is 0.297 e. The first-order chi connectivity index (χ1) is 7.03. The minimum atomic E-state index is -0.208. The normalized spacial score (nSPS) is 31.6. The van der Waals surface area contributed by atoms with Crippen LogP contribution in [0.2, 0.25) is 0 Å². The van der Waals surface area contributed by atoms with Crippen LogP contribution in [0.1, 0.15) is 39.0 Å². The van der Waals surface area contributed by atoms with Crippen molar-refractivity contribution >= 4 is 5.78 Å². The van der Waals surface area contributed by atoms with Crippen molar-refractivity contribution in [3.63, 3.8) is 0 Å². The van der Waals surface area contributed by atoms with Crippen LogP contribution in [0.4, 0.5) is 0 Å². The molecule has 86 valence electrons. The highest BCUT2D eigenvalue weighted by Crippen LogP contribution is 2.36. The summed E-state index contributed by atoms with van der Waals surface area (Å²) in [6.07, 6.45) is 6.59. The lowest BCUT2D eigenvalue weighted by Gasteiger charge is -2.43. The Morgan fingerprint density at radius 1 is 1.47 bits per heavy atom. The van der Waals surface area contributed by atoms with Gasteiger partial charge in [-0.15, -0.1) is 6.58 Å². The van der Waals surface area contributed by atoms with Crippen molar-refractivity contribution in [2.24, 2.45) is 5.92 Å². The Morgan fingerprint density at radius 3 is 2.40 bits per heavy atom. The standard InChI is InChI=1S/C13H23NO/c1-5-6-12(15)13(14(3)4)9-7-11(2)8-10-13/h5,11H,1,6-10H2,2-4H3. The van der Waals surface area contributed by atoms with E-state index in [-0.39, 0.29) is 5.54 Å². The molecular formula is C13H23NO. The molecular weight excluding hydrogens is 186 g/mol. The van der Waals surface area contributed by atoms with E-state index in [0.29, 0.717) is 12.2 Å². The monoisotopic (exact) mass is 209 g/mol. The first-order valence-corrected chi connectivity index (χ1v) is 5.84. The maximum atomic E-state index is 12.2. The number of rotatable bonds is 4. The number of carbonyl (C=O) groups is 1. The van der Waals surface area contributed by atoms with Gasteiger partial charge in [0.15, 0.2) is 5.78 Å². The molecule has 15 heavy (non-hydrogen) atoms. The molecule has 0 N–H and O–H groups in total. The van der Waals surface area contributed by atoms with Gasteiger partial charge in [-0.25, -0.2) is 0 Å². The fourth-order valence-corrected chi connectivity index (χ4v) is 2.54. The Morgan fingerprint density at radius 2 is 2.00 bits per heavy atom. The van der Waals surface area contributed by atoms with Gasteiger partial charge < -0.3 is 0 Å². The average Bonchev–Trinajstić information content (AvgIpc) is 2.19. The zero-order chi connectivity index (χ0) is 11.5. The van der Waals surface area contributed by atoms with Crippen molar-refractivity contribution in [1.29, 1.82) is 0 Å². The van der Waals surface area contributed by atoms with Crippen LogP contribution >= 0.6 is 0 Å². The number of hydrogen-bond donors (Lipinski definition) is 0. The maximum Gasteiger partial charge on any atom is 0.156 e. The molecule has 2 nitrogen and oxygen atoms in total. The Balaban J connectivity index is 2.79. The SMILES string of the molecule is C=CCC(=O)C1(N(C)C)CCC(C)CC1. The number of hydrogen-bond acceptors (Lipinski definition) is 2. The van der Waals surface area contributed by atoms with Gasteiger partial charge in [0.05, 0.1) is 5.54 Å². The fraction of sp³-hybridized carbons (Fsp3) is 0.769. The number of nitrogens with zero attached hydrogens (tertiary/aromatic N) is 1. The van der Waals surface area contributed by atoms with Gasteiger partial charge in [0.1, 0.15) is 0 Å². The molecule has 2 heteroatoms. The van der Waals surface area contributed by atoms with E-state index in [4.69, 9.17) is 0 Å². The fourth-order valence-electron chi connectivity index (χ4n) is 2.54. The summed E-state index contributed by atoms with van der Waals surface area (Å²) in [5, 5.41) is 0. The average molecular weight is 209 g/mol. The molecule has 0 saturated heterocycles. The van der Waals surface area contributed by atoms with Crippen molar-refractivity contribution in [1.82, 2.24) is 4.90 Å². The van der Waals surface area contributed by atoms with Crippen LogP contribution in [0.3, 0.4) is 0 Å². The van der Waals surface area contributed by atoms with Gasteiger partial charge in [-0.2, -0.15) is 0 Å². The van der Waals surface area contributed by atoms with Crippen LogP contribution < -0.4 is 0 Å². The lowest BCUT2D eigenvalue weighted by atomic mass is 9.73. The van der Waals surface area contributed by atoms with Crippen LogP contribution in [0, 0.1) is 5.92 Å². The summed E-state index contributed by atoms with van der Waals surface area (Å²) in [4.78, 5) is 14.3. The van der Waals surface area contributed by atoms with Gasteiger partial charge in [-0.3, -0.25) is 9.69 Å². The highest BCUT2D eigenvalue weighted by atomic mass is 16.1. The summed E-state index contributed by atoms with van der Waals surface area (Å²) >= 11 is 0. The molecule has 1 aliphatic carbocycles. The van der Waals surface area contributed by atoms with Crippen molar-refractivity contribution in [3.05, 3.63) is 12.7 Å². The molecule has 0 heterocycles. The molecule has 0 radical (unpaired) electrons. The summed E-state index contributed by atoms with van der Waals surface area (Å²) in [5.41, 5.74) is -0.208. The molecule has 1 aliphatic rings. The van der Waals surface area contributed by atoms with Gasteiger partial charge in [-0.1, -0.05) is 13.0 Å². The number of carbonyl (C=O) groups excluding carboxylic acids is 1. The highest BCUT2D eigenvalue weighted by Gasteiger charge is 2.41. The van der Waals surface area contributed by atoms with Gasteiger partial charge in [0.25, 0.3) is 0 Å². The first kappa shape index (κ1) is 12.4. The van der Waals surface area contributed by atoms with Gasteiger partial charge in [0, 0.05) is 6.42 Å². The molecule has 1 rings (SSSR count). The molecule has 0 aliphatic heterocycles. The number of ketones is 1. The second-order valence-electron chi connectivity index (χ2n) is 5.02. The summed E-state index contributed by atoms with van der Waals surface area (Å²) in [5.74, 6) is 1.11. The lowest BCUT2D eigenvalue weighted by molar-refractivity contribution is -0.131. The number of Topliss-reactive ketones (excluding diaryl/α,β-unsaturated/α-hetero) is 1. The summed E-state index contributed by atoms with van der Waals surface area (Å²) in [7, 11) is 4.05. The molecule has 0 bridgehead atoms. The molecule has 0 aromatic heterocycles. The molecule has 0 amide bonds. The van der Waals surface area contributed by atoms with Crippen molar-refractivity contribution in [3.8, 4) is 0 Å². The van der Waals surface area contributed by atoms with E-state index < -0.39 is 0 Å². The topological polar surface area (TPSA) is 20.3 Å². The lowest BCUT2D eigenvalue weighted by Crippen LogP contribution is -2.53. The predicted octanol–water partition coefficient (Wildman–Crippen LogP) is 2.64. The van der Waals surface area contributed by atoms with Crippen LogP contribution in [0.25, 0.3) is 0 Å². The zero-order valence-electron chi connectivity index (χ0n) is 10.3. The Bertz CT molecular complexity index is 237. The predicted molar refractivity (Wildman–Crippen MR) is 63.9 cm³/mol. The molecule has 0 atom stereocenters. The zero-order valence-corrected chi connectivity index (χ0v) is 10.3. The van der Waals surface area contributed by atoms with E-state index >= 15 is 0 Å². The maximum absolute atomic E-state index is 12.2. The number of likely N-dealkylation sites (N-methyl/N-ethyl adjacent to an activating group) is 1. The Labute approximate surface area is 93.3 Å². The van der Waals surface area contributed by atoms with E-state index in [1.807, 2.05) is 14.1 Å². The summed E-state index contributed by atoms with van der Waals surface area (Å²) < 4.78 is 0. The minimum Gasteiger partial charge on any atom is -0.297 e. The van der Waals surface area contributed by atoms with Crippen molar-refractivity contribution in [2.45, 2.75) is 44.6 Å². The third-order valence-electron chi connectivity index (χ3n) is 3.81. The second-order valence-corrected chi connectivity index (χ2v) is 5.02. The molecule has 0 spiro atoms. The first-order valence-electron chi connectivity index (χ1n) is 5.84. The smallest absolute Gasteiger partial charge is 0.156 e. The quantitative estimate of drug-likeness (QED) is 0.663. The number of allylic oxidation sites excluding steroid dienone is 1. The Hall–Kier alpha value is -0.630. The van der Waals surface area contributed by atoms with E-state index in [2.05, 4.69) is 18.4 Å². The van der Waals surface area contributed by atoms with Crippen LogP contribution in [0.15, 0.2) is 12.7 Å². The van der Waals surface area contributed by atoms with Gasteiger partial charge in [-0.05, 0) is 45.7 Å². The second kappa shape index (κ2) is 4.93. The van der Waals surface area contributed by atoms with Crippen LogP contribution in [-0.4, -0.2) is 30.3 Å². The van der Waals surface area contributed by atoms with Gasteiger partial charge in [0.2, 0.25) is 0 Å². The summed E-state index contributed by atoms with van der Waals surface area (Å²) in [6.45, 7) is 5.94. The molecule has 0 unspecified atom stereocenters. The van der Waals surface area contributed by atoms with E-state index in [1.165, 1.54) is 12.8 Å². The van der Waals surface area contributed by atoms with E-state index in [0.717, 1.165) is 18.8 Å². The van der Waals surface area contributed by atoms with E-state index in [1.54, 1.807) is 6.08 Å². The van der Waals surface area contributed by atoms with Crippen LogP contribution in [0.5, 0.6) is 0 Å². The summed E-state index contributed by atoms with van der Waals surface area (Å²) in [6, 6.07) is 0. The van der Waals surface area contributed by atoms with Crippen molar-refractivity contribution in [2.75, 3.05) is 14.1 Å². The third kappa shape index (κ3) is 2.49. The molecule has 1 saturated carbocycles. The highest BCUT2D eigenvalue weighted by molar-refractivity contribution is 5.89. The minimum absolute atomic E-state index is 0.208. The van der Waals surface area contributed by atoms with Gasteiger partial charge >= 0.3 is 0 Å². The van der Waals surface area contributed by atoms with E-state index in [9.17, 15) is 4.79 Å². The third-order valence-corrected chi connectivity index (χ3v) is 3.81. The molecule has 1 fully saturated rings. The molecule has 0 aromatic carbocycles. The van der Waals surface area contributed by atoms with Crippen LogP contribution in [-0.2, 0) is 4.79 Å². The Kier molecular flexibility index (Phi) is 4.09. The van der Waals surface area contributed by atoms with Crippen molar-refractivity contribution < 1.29 is 4.79 Å².